The van der Waals surface area contributed by atoms with E-state index in [9.17, 15) is 31.1 Å². The molecule has 1 aliphatic carbocycles. The van der Waals surface area contributed by atoms with Gasteiger partial charge in [-0.05, 0) is 24.1 Å². The van der Waals surface area contributed by atoms with Crippen LogP contribution in [0.5, 0.6) is 0 Å². The van der Waals surface area contributed by atoms with Crippen LogP contribution in [-0.2, 0) is 6.54 Å². The Morgan fingerprint density at radius 1 is 1.11 bits per heavy atom. The molecule has 2 aromatic rings. The maximum absolute atomic E-state index is 13.0. The van der Waals surface area contributed by atoms with E-state index in [0.717, 1.165) is 6.08 Å². The third-order valence-corrected chi connectivity index (χ3v) is 4.29. The van der Waals surface area contributed by atoms with Gasteiger partial charge in [-0.15, -0.1) is 0 Å². The number of allylic oxidation sites excluding steroid dienone is 4. The third-order valence-electron chi connectivity index (χ3n) is 4.29. The summed E-state index contributed by atoms with van der Waals surface area (Å²) < 4.78 is 79.6. The van der Waals surface area contributed by atoms with Gasteiger partial charge in [0, 0.05) is 29.2 Å². The minimum atomic E-state index is -4.86. The molecule has 0 fully saturated rings. The molecule has 0 radical (unpaired) electrons. The molecule has 1 aromatic carbocycles. The second kappa shape index (κ2) is 8.24. The van der Waals surface area contributed by atoms with Gasteiger partial charge < -0.3 is 4.57 Å². The highest BCUT2D eigenvalue weighted by Gasteiger charge is 2.43. The molecule has 8 heteroatoms. The number of benzene rings is 1. The largest absolute Gasteiger partial charge is 0.416 e. The van der Waals surface area contributed by atoms with Gasteiger partial charge in [0.1, 0.15) is 0 Å². The van der Waals surface area contributed by atoms with Crippen molar-refractivity contribution in [1.29, 1.82) is 0 Å². The molecule has 3 rings (SSSR count). The topological polar surface area (TPSA) is 22.0 Å². The zero-order valence-corrected chi connectivity index (χ0v) is 15.2. The number of aromatic nitrogens is 1. The molecule has 0 saturated carbocycles. The van der Waals surface area contributed by atoms with Crippen LogP contribution in [0.15, 0.2) is 53.8 Å². The van der Waals surface area contributed by atoms with Crippen molar-refractivity contribution in [3.8, 4) is 0 Å². The average Bonchev–Trinajstić information content (AvgIpc) is 2.99. The molecule has 28 heavy (non-hydrogen) atoms. The minimum Gasteiger partial charge on any atom is -0.343 e. The summed E-state index contributed by atoms with van der Waals surface area (Å²) in [5, 5.41) is 0.595. The summed E-state index contributed by atoms with van der Waals surface area (Å²) in [4.78, 5) is 11.2. The maximum atomic E-state index is 13.0. The van der Waals surface area contributed by atoms with E-state index in [1.54, 1.807) is 24.3 Å². The van der Waals surface area contributed by atoms with Crippen molar-refractivity contribution in [3.63, 3.8) is 0 Å². The number of hydrogen-bond acceptors (Lipinski definition) is 1. The van der Waals surface area contributed by atoms with E-state index in [2.05, 4.69) is 0 Å². The zero-order valence-electron chi connectivity index (χ0n) is 15.2. The van der Waals surface area contributed by atoms with Gasteiger partial charge in [0.05, 0.1) is 11.5 Å². The Hall–Kier alpha value is -2.51. The van der Waals surface area contributed by atoms with Crippen LogP contribution in [0.4, 0.5) is 26.3 Å². The van der Waals surface area contributed by atoms with Crippen LogP contribution >= 0.6 is 0 Å². The molecule has 0 spiro atoms. The van der Waals surface area contributed by atoms with Gasteiger partial charge in [0.2, 0.25) is 0 Å². The molecule has 0 aliphatic heterocycles. The Kier molecular flexibility index (Phi) is 6.41. The van der Waals surface area contributed by atoms with Crippen molar-refractivity contribution in [2.24, 2.45) is 5.92 Å². The zero-order chi connectivity index (χ0) is 21.1. The lowest BCUT2D eigenvalue weighted by molar-refractivity contribution is -0.162. The molecule has 1 aromatic heterocycles. The van der Waals surface area contributed by atoms with Crippen molar-refractivity contribution >= 4 is 17.2 Å². The predicted molar refractivity (Wildman–Crippen MR) is 95.1 cm³/mol. The van der Waals surface area contributed by atoms with Crippen LogP contribution in [0.2, 0.25) is 0 Å². The van der Waals surface area contributed by atoms with Crippen molar-refractivity contribution in [1.82, 2.24) is 4.57 Å². The normalized spacial score (nSPS) is 17.5. The van der Waals surface area contributed by atoms with E-state index < -0.39 is 30.3 Å². The summed E-state index contributed by atoms with van der Waals surface area (Å²) in [6.07, 6.45) is -7.14. The summed E-state index contributed by atoms with van der Waals surface area (Å²) in [6, 6.07) is 6.71. The fourth-order valence-electron chi connectivity index (χ4n) is 3.10. The predicted octanol–water partition coefficient (Wildman–Crippen LogP) is 6.48. The van der Waals surface area contributed by atoms with E-state index in [4.69, 9.17) is 0 Å². The van der Waals surface area contributed by atoms with Crippen LogP contribution in [0.25, 0.3) is 10.9 Å². The first-order chi connectivity index (χ1) is 13.1. The Labute approximate surface area is 158 Å². The standard InChI is InChI=1S/C18H13F6NO.C2H6/c19-17(20,21)13-5-11(6-14(7-13)18(22,23)24)8-25-9-12(10-26)15-3-1-2-4-16(15)25;1-2/h1-5,7,9-10,14H,6,8H2;1-2H3. The van der Waals surface area contributed by atoms with E-state index in [0.29, 0.717) is 22.8 Å². The van der Waals surface area contributed by atoms with Crippen molar-refractivity contribution in [2.45, 2.75) is 39.2 Å². The van der Waals surface area contributed by atoms with Crippen molar-refractivity contribution in [3.05, 3.63) is 59.3 Å². The summed E-state index contributed by atoms with van der Waals surface area (Å²) in [5.41, 5.74) is -0.397. The molecular formula is C20H19F6NO. The number of fused-ring (bicyclic) bond motifs is 1. The molecule has 0 saturated heterocycles. The van der Waals surface area contributed by atoms with Gasteiger partial charge >= 0.3 is 12.4 Å². The molecule has 1 unspecified atom stereocenters. The van der Waals surface area contributed by atoms with Crippen LogP contribution in [0.1, 0.15) is 30.6 Å². The fourth-order valence-corrected chi connectivity index (χ4v) is 3.10. The van der Waals surface area contributed by atoms with Gasteiger partial charge in [-0.25, -0.2) is 0 Å². The van der Waals surface area contributed by atoms with Gasteiger partial charge in [-0.1, -0.05) is 38.1 Å². The first kappa shape index (κ1) is 21.8. The van der Waals surface area contributed by atoms with Crippen LogP contribution in [-0.4, -0.2) is 23.2 Å². The average molecular weight is 403 g/mol. The number of hydrogen-bond donors (Lipinski definition) is 0. The first-order valence-corrected chi connectivity index (χ1v) is 8.68. The van der Waals surface area contributed by atoms with E-state index in [1.807, 2.05) is 13.8 Å². The number of aldehydes is 1. The van der Waals surface area contributed by atoms with E-state index >= 15 is 0 Å². The Morgan fingerprint density at radius 2 is 1.75 bits per heavy atom. The highest BCUT2D eigenvalue weighted by molar-refractivity contribution is 5.97. The van der Waals surface area contributed by atoms with E-state index in [1.165, 1.54) is 10.8 Å². The van der Waals surface area contributed by atoms with Crippen molar-refractivity contribution in [2.75, 3.05) is 0 Å². The summed E-state index contributed by atoms with van der Waals surface area (Å²) in [5.74, 6) is -2.19. The molecular weight excluding hydrogens is 384 g/mol. The lowest BCUT2D eigenvalue weighted by Gasteiger charge is -2.25. The highest BCUT2D eigenvalue weighted by atomic mass is 19.4. The summed E-state index contributed by atoms with van der Waals surface area (Å²) in [6.45, 7) is 3.84. The van der Waals surface area contributed by atoms with E-state index in [-0.39, 0.29) is 18.2 Å². The number of nitrogens with zero attached hydrogens (tertiary/aromatic N) is 1. The molecule has 2 nitrogen and oxygen atoms in total. The second-order valence-electron chi connectivity index (χ2n) is 6.12. The van der Waals surface area contributed by atoms with Gasteiger partial charge in [0.15, 0.2) is 6.29 Å². The van der Waals surface area contributed by atoms with Crippen LogP contribution < -0.4 is 0 Å². The lowest BCUT2D eigenvalue weighted by atomic mass is 9.89. The van der Waals surface area contributed by atoms with Crippen LogP contribution in [0.3, 0.4) is 0 Å². The maximum Gasteiger partial charge on any atom is 0.416 e. The molecule has 1 heterocycles. The van der Waals surface area contributed by atoms with Gasteiger partial charge in [-0.3, -0.25) is 4.79 Å². The Bertz CT molecular complexity index is 902. The smallest absolute Gasteiger partial charge is 0.343 e. The molecule has 152 valence electrons. The monoisotopic (exact) mass is 403 g/mol. The minimum absolute atomic E-state index is 0.000326. The number of rotatable bonds is 3. The Morgan fingerprint density at radius 3 is 2.32 bits per heavy atom. The highest BCUT2D eigenvalue weighted by Crippen LogP contribution is 2.41. The molecule has 0 N–H and O–H groups in total. The number of para-hydroxylation sites is 1. The molecule has 0 amide bonds. The summed E-state index contributed by atoms with van der Waals surface area (Å²) in [7, 11) is 0. The lowest BCUT2D eigenvalue weighted by Crippen LogP contribution is -2.27. The molecule has 0 bridgehead atoms. The molecule has 1 aliphatic rings. The van der Waals surface area contributed by atoms with Gasteiger partial charge in [-0.2, -0.15) is 26.3 Å². The van der Waals surface area contributed by atoms with Crippen molar-refractivity contribution < 1.29 is 31.1 Å². The Balaban J connectivity index is 0.00000136. The number of halogens is 6. The number of alkyl halides is 6. The summed E-state index contributed by atoms with van der Waals surface area (Å²) >= 11 is 0. The number of carbonyl (C=O) groups excluding carboxylic acids is 1. The van der Waals surface area contributed by atoms with Gasteiger partial charge in [0.25, 0.3) is 0 Å². The molecule has 1 atom stereocenters. The SMILES string of the molecule is CC.O=Cc1cn(CC2=CC(C(F)(F)F)=CC(C(F)(F)F)C2)c2ccccc12. The second-order valence-corrected chi connectivity index (χ2v) is 6.12. The first-order valence-electron chi connectivity index (χ1n) is 8.68. The quantitative estimate of drug-likeness (QED) is 0.425. The number of carbonyl (C=O) groups is 1. The third kappa shape index (κ3) is 4.66. The van der Waals surface area contributed by atoms with Crippen LogP contribution in [0, 0.1) is 5.92 Å². The fraction of sp³-hybridized carbons (Fsp3) is 0.350.